The Morgan fingerprint density at radius 3 is 2.68 bits per heavy atom. The fraction of sp³-hybridized carbons (Fsp3) is 0.300. The predicted octanol–water partition coefficient (Wildman–Crippen LogP) is 3.04. The van der Waals surface area contributed by atoms with Crippen LogP contribution in [0.15, 0.2) is 40.9 Å². The lowest BCUT2D eigenvalue weighted by molar-refractivity contribution is -0.133. The molecule has 2 aromatic carbocycles. The number of benzene rings is 2. The van der Waals surface area contributed by atoms with E-state index in [2.05, 4.69) is 15.9 Å². The largest absolute Gasteiger partial charge is 0.493 e. The maximum Gasteiger partial charge on any atom is 0.338 e. The van der Waals surface area contributed by atoms with Crippen LogP contribution in [0.4, 0.5) is 0 Å². The quantitative estimate of drug-likeness (QED) is 0.630. The summed E-state index contributed by atoms with van der Waals surface area (Å²) in [5.41, 5.74) is 1.18. The van der Waals surface area contributed by atoms with Gasteiger partial charge >= 0.3 is 5.97 Å². The van der Waals surface area contributed by atoms with Crippen molar-refractivity contribution in [3.05, 3.63) is 52.0 Å². The van der Waals surface area contributed by atoms with E-state index < -0.39 is 5.97 Å². The first-order valence-corrected chi connectivity index (χ1v) is 9.41. The topological polar surface area (TPSA) is 74.3 Å². The summed E-state index contributed by atoms with van der Waals surface area (Å²) in [5.74, 6) is 0.289. The van der Waals surface area contributed by atoms with Crippen molar-refractivity contribution in [2.24, 2.45) is 0 Å². The molecule has 0 aliphatic carbocycles. The van der Waals surface area contributed by atoms with Crippen LogP contribution in [-0.4, -0.2) is 50.8 Å². The van der Waals surface area contributed by atoms with E-state index in [1.807, 2.05) is 24.3 Å². The molecule has 0 saturated carbocycles. The highest BCUT2D eigenvalue weighted by Crippen LogP contribution is 2.40. The lowest BCUT2D eigenvalue weighted by Gasteiger charge is -2.21. The summed E-state index contributed by atoms with van der Waals surface area (Å²) in [5, 5.41) is 0. The molecule has 0 radical (unpaired) electrons. The number of hydrogen-bond donors (Lipinski definition) is 0. The summed E-state index contributed by atoms with van der Waals surface area (Å²) in [6, 6.07) is 10.6. The van der Waals surface area contributed by atoms with E-state index in [1.165, 1.54) is 24.1 Å². The number of hydrogen-bond acceptors (Lipinski definition) is 6. The normalized spacial score (nSPS) is 12.2. The number of rotatable bonds is 6. The number of halogens is 1. The number of amides is 1. The number of carbonyl (C=O) groups is 2. The Labute approximate surface area is 171 Å². The molecule has 1 heterocycles. The predicted molar refractivity (Wildman–Crippen MR) is 105 cm³/mol. The van der Waals surface area contributed by atoms with Crippen molar-refractivity contribution in [2.75, 3.05) is 34.0 Å². The molecule has 0 N–H and O–H groups in total. The number of fused-ring (bicyclic) bond motifs is 1. The van der Waals surface area contributed by atoms with Gasteiger partial charge in [0.25, 0.3) is 5.91 Å². The molecule has 0 atom stereocenters. The Bertz CT molecular complexity index is 868. The minimum absolute atomic E-state index is 0.224. The molecule has 0 unspecified atom stereocenters. The van der Waals surface area contributed by atoms with E-state index >= 15 is 0 Å². The van der Waals surface area contributed by atoms with E-state index in [0.29, 0.717) is 37.0 Å². The van der Waals surface area contributed by atoms with Gasteiger partial charge < -0.3 is 23.8 Å². The summed E-state index contributed by atoms with van der Waals surface area (Å²) in [6.45, 7) is 0.824. The molecule has 0 fully saturated rings. The van der Waals surface area contributed by atoms with Gasteiger partial charge in [0.2, 0.25) is 5.75 Å². The van der Waals surface area contributed by atoms with Gasteiger partial charge in [0.05, 0.1) is 12.7 Å². The van der Waals surface area contributed by atoms with Crippen LogP contribution in [0, 0.1) is 0 Å². The van der Waals surface area contributed by atoms with E-state index in [1.54, 1.807) is 7.05 Å². The molecule has 3 rings (SSSR count). The average Bonchev–Trinajstić information content (AvgIpc) is 2.72. The summed E-state index contributed by atoms with van der Waals surface area (Å²) < 4.78 is 22.4. The van der Waals surface area contributed by atoms with Crippen molar-refractivity contribution >= 4 is 27.8 Å². The van der Waals surface area contributed by atoms with Gasteiger partial charge in [-0.3, -0.25) is 4.79 Å². The number of ether oxygens (including phenoxy) is 4. The molecule has 0 saturated heterocycles. The van der Waals surface area contributed by atoms with Crippen LogP contribution in [0.2, 0.25) is 0 Å². The Hall–Kier alpha value is -2.74. The fourth-order valence-electron chi connectivity index (χ4n) is 2.68. The van der Waals surface area contributed by atoms with Crippen LogP contribution in [0.3, 0.4) is 0 Å². The van der Waals surface area contributed by atoms with E-state index in [-0.39, 0.29) is 18.1 Å². The minimum atomic E-state index is -0.641. The Balaban J connectivity index is 1.62. The van der Waals surface area contributed by atoms with Gasteiger partial charge in [-0.2, -0.15) is 0 Å². The molecule has 0 bridgehead atoms. The smallest absolute Gasteiger partial charge is 0.338 e. The SMILES string of the molecule is COc1cc(C(=O)OCC(=O)N(C)Cc2ccccc2Br)cc2c1OCCO2. The van der Waals surface area contributed by atoms with Gasteiger partial charge in [0.1, 0.15) is 13.2 Å². The zero-order valence-electron chi connectivity index (χ0n) is 15.6. The summed E-state index contributed by atoms with van der Waals surface area (Å²) in [4.78, 5) is 26.2. The van der Waals surface area contributed by atoms with E-state index in [0.717, 1.165) is 10.0 Å². The van der Waals surface area contributed by atoms with Crippen LogP contribution in [0.1, 0.15) is 15.9 Å². The molecule has 0 aromatic heterocycles. The third kappa shape index (κ3) is 4.56. The minimum Gasteiger partial charge on any atom is -0.493 e. The second-order valence-electron chi connectivity index (χ2n) is 6.12. The first kappa shape index (κ1) is 20.0. The first-order chi connectivity index (χ1) is 13.5. The lowest BCUT2D eigenvalue weighted by Crippen LogP contribution is -2.31. The average molecular weight is 450 g/mol. The summed E-state index contributed by atoms with van der Waals surface area (Å²) in [6.07, 6.45) is 0. The molecule has 1 amide bonds. The maximum atomic E-state index is 12.4. The molecule has 1 aliphatic heterocycles. The molecule has 0 spiro atoms. The number of carbonyl (C=O) groups excluding carboxylic acids is 2. The van der Waals surface area contributed by atoms with Crippen LogP contribution < -0.4 is 14.2 Å². The van der Waals surface area contributed by atoms with Crippen molar-refractivity contribution < 1.29 is 28.5 Å². The van der Waals surface area contributed by atoms with Crippen molar-refractivity contribution in [2.45, 2.75) is 6.54 Å². The monoisotopic (exact) mass is 449 g/mol. The summed E-state index contributed by atoms with van der Waals surface area (Å²) >= 11 is 3.45. The van der Waals surface area contributed by atoms with E-state index in [4.69, 9.17) is 18.9 Å². The second kappa shape index (κ2) is 8.97. The number of nitrogens with zero attached hydrogens (tertiary/aromatic N) is 1. The fourth-order valence-corrected chi connectivity index (χ4v) is 3.09. The Kier molecular flexibility index (Phi) is 6.41. The molecule has 1 aliphatic rings. The van der Waals surface area contributed by atoms with Gasteiger partial charge in [-0.25, -0.2) is 4.79 Å². The molecule has 148 valence electrons. The summed E-state index contributed by atoms with van der Waals surface area (Å²) in [7, 11) is 3.13. The molecular formula is C20H20BrNO6. The molecule has 7 nitrogen and oxygen atoms in total. The molecule has 28 heavy (non-hydrogen) atoms. The Morgan fingerprint density at radius 2 is 1.93 bits per heavy atom. The van der Waals surface area contributed by atoms with Crippen molar-refractivity contribution in [3.63, 3.8) is 0 Å². The van der Waals surface area contributed by atoms with Crippen molar-refractivity contribution in [3.8, 4) is 17.2 Å². The van der Waals surface area contributed by atoms with Crippen LogP contribution in [-0.2, 0) is 16.1 Å². The zero-order chi connectivity index (χ0) is 20.1. The van der Waals surface area contributed by atoms with Gasteiger partial charge in [0.15, 0.2) is 18.1 Å². The number of methoxy groups -OCH3 is 1. The van der Waals surface area contributed by atoms with E-state index in [9.17, 15) is 9.59 Å². The first-order valence-electron chi connectivity index (χ1n) is 8.61. The second-order valence-corrected chi connectivity index (χ2v) is 6.97. The number of likely N-dealkylation sites (N-methyl/N-ethyl adjacent to an activating group) is 1. The highest BCUT2D eigenvalue weighted by atomic mass is 79.9. The Morgan fingerprint density at radius 1 is 1.18 bits per heavy atom. The van der Waals surface area contributed by atoms with Crippen LogP contribution in [0.5, 0.6) is 17.2 Å². The lowest BCUT2D eigenvalue weighted by atomic mass is 10.1. The highest BCUT2D eigenvalue weighted by molar-refractivity contribution is 9.10. The molecular weight excluding hydrogens is 430 g/mol. The van der Waals surface area contributed by atoms with Crippen LogP contribution in [0.25, 0.3) is 0 Å². The third-order valence-electron chi connectivity index (χ3n) is 4.18. The maximum absolute atomic E-state index is 12.4. The van der Waals surface area contributed by atoms with Gasteiger partial charge in [-0.1, -0.05) is 34.1 Å². The molecule has 2 aromatic rings. The van der Waals surface area contributed by atoms with Gasteiger partial charge in [-0.05, 0) is 23.8 Å². The van der Waals surface area contributed by atoms with Gasteiger partial charge in [-0.15, -0.1) is 0 Å². The zero-order valence-corrected chi connectivity index (χ0v) is 17.2. The van der Waals surface area contributed by atoms with Crippen LogP contribution >= 0.6 is 15.9 Å². The van der Waals surface area contributed by atoms with Gasteiger partial charge in [0, 0.05) is 18.1 Å². The van der Waals surface area contributed by atoms with Crippen molar-refractivity contribution in [1.29, 1.82) is 0 Å². The number of esters is 1. The third-order valence-corrected chi connectivity index (χ3v) is 4.96. The standard InChI is InChI=1S/C20H20BrNO6/c1-22(11-13-5-3-4-6-15(13)21)18(23)12-28-20(24)14-9-16(25-2)19-17(10-14)26-7-8-27-19/h3-6,9-10H,7-8,11-12H2,1-2H3. The van der Waals surface area contributed by atoms with Crippen molar-refractivity contribution in [1.82, 2.24) is 4.90 Å². The molecule has 8 heteroatoms. The highest BCUT2D eigenvalue weighted by Gasteiger charge is 2.22.